The van der Waals surface area contributed by atoms with Crippen molar-refractivity contribution >= 4 is 5.95 Å². The predicted octanol–water partition coefficient (Wildman–Crippen LogP) is 3.01. The van der Waals surface area contributed by atoms with Crippen LogP contribution in [-0.4, -0.2) is 21.3 Å². The first-order valence-electron chi connectivity index (χ1n) is 6.30. The van der Waals surface area contributed by atoms with E-state index in [1.54, 1.807) is 17.7 Å². The summed E-state index contributed by atoms with van der Waals surface area (Å²) in [5.74, 6) is 1.07. The molecule has 4 nitrogen and oxygen atoms in total. The molecule has 2 heterocycles. The Labute approximate surface area is 113 Å². The van der Waals surface area contributed by atoms with E-state index in [4.69, 9.17) is 0 Å². The molecule has 1 atom stereocenters. The number of aromatic nitrogens is 3. The zero-order valence-corrected chi connectivity index (χ0v) is 10.8. The van der Waals surface area contributed by atoms with Crippen molar-refractivity contribution in [3.63, 3.8) is 0 Å². The third kappa shape index (κ3) is 2.13. The molecule has 0 saturated heterocycles. The molecule has 3 rings (SSSR count). The van der Waals surface area contributed by atoms with Gasteiger partial charge in [0.15, 0.2) is 0 Å². The van der Waals surface area contributed by atoms with Crippen LogP contribution in [0.25, 0.3) is 0 Å². The first-order valence-corrected chi connectivity index (χ1v) is 6.30. The first-order chi connectivity index (χ1) is 9.47. The molecule has 106 valence electrons. The lowest BCUT2D eigenvalue weighted by Crippen LogP contribution is -2.26. The second-order valence-electron chi connectivity index (χ2n) is 4.74. The van der Waals surface area contributed by atoms with Gasteiger partial charge in [0.25, 0.3) is 0 Å². The van der Waals surface area contributed by atoms with Gasteiger partial charge in [-0.3, -0.25) is 0 Å². The van der Waals surface area contributed by atoms with Gasteiger partial charge in [0, 0.05) is 6.54 Å². The van der Waals surface area contributed by atoms with Crippen molar-refractivity contribution in [1.29, 1.82) is 0 Å². The molecule has 20 heavy (non-hydrogen) atoms. The fourth-order valence-electron chi connectivity index (χ4n) is 2.54. The molecule has 0 fully saturated rings. The highest BCUT2D eigenvalue weighted by atomic mass is 19.4. The second-order valence-corrected chi connectivity index (χ2v) is 4.74. The van der Waals surface area contributed by atoms with Crippen molar-refractivity contribution in [2.75, 3.05) is 11.9 Å². The van der Waals surface area contributed by atoms with Crippen LogP contribution in [0.15, 0.2) is 24.3 Å². The third-order valence-corrected chi connectivity index (χ3v) is 3.36. The highest BCUT2D eigenvalue weighted by Crippen LogP contribution is 2.38. The minimum Gasteiger partial charge on any atom is -0.354 e. The molecule has 1 unspecified atom stereocenters. The number of hydrogen-bond acceptors (Lipinski definition) is 3. The van der Waals surface area contributed by atoms with Crippen molar-refractivity contribution in [1.82, 2.24) is 14.8 Å². The van der Waals surface area contributed by atoms with Gasteiger partial charge in [-0.2, -0.15) is 23.3 Å². The molecule has 0 aliphatic carbocycles. The maximum absolute atomic E-state index is 13.1. The topological polar surface area (TPSA) is 42.7 Å². The molecule has 0 amide bonds. The van der Waals surface area contributed by atoms with Crippen LogP contribution in [0.4, 0.5) is 19.1 Å². The van der Waals surface area contributed by atoms with Crippen LogP contribution in [-0.2, 0) is 6.18 Å². The number of fused-ring (bicyclic) bond motifs is 1. The smallest absolute Gasteiger partial charge is 0.354 e. The van der Waals surface area contributed by atoms with Crippen LogP contribution in [0.2, 0.25) is 0 Å². The molecule has 1 aromatic heterocycles. The number of alkyl halides is 3. The summed E-state index contributed by atoms with van der Waals surface area (Å²) in [5, 5.41) is 7.26. The van der Waals surface area contributed by atoms with E-state index in [1.165, 1.54) is 12.1 Å². The summed E-state index contributed by atoms with van der Waals surface area (Å²) in [5.41, 5.74) is -0.362. The fraction of sp³-hybridized carbons (Fsp3) is 0.385. The molecule has 1 aliphatic rings. The number of halogens is 3. The number of benzene rings is 1. The highest BCUT2D eigenvalue weighted by Gasteiger charge is 2.36. The minimum absolute atomic E-state index is 0.243. The number of aryl methyl sites for hydroxylation is 1. The van der Waals surface area contributed by atoms with E-state index >= 15 is 0 Å². The van der Waals surface area contributed by atoms with Gasteiger partial charge in [-0.1, -0.05) is 18.2 Å². The Bertz CT molecular complexity index is 633. The lowest BCUT2D eigenvalue weighted by molar-refractivity contribution is -0.138. The minimum atomic E-state index is -4.36. The van der Waals surface area contributed by atoms with Crippen molar-refractivity contribution in [2.24, 2.45) is 0 Å². The molecule has 1 N–H and O–H groups in total. The summed E-state index contributed by atoms with van der Waals surface area (Å²) >= 11 is 0. The molecular weight excluding hydrogens is 269 g/mol. The molecule has 0 radical (unpaired) electrons. The largest absolute Gasteiger partial charge is 0.416 e. The summed E-state index contributed by atoms with van der Waals surface area (Å²) < 4.78 is 40.9. The highest BCUT2D eigenvalue weighted by molar-refractivity contribution is 5.37. The lowest BCUT2D eigenvalue weighted by Gasteiger charge is -2.27. The van der Waals surface area contributed by atoms with Crippen LogP contribution in [0.1, 0.15) is 29.4 Å². The molecule has 1 aromatic carbocycles. The van der Waals surface area contributed by atoms with Crippen molar-refractivity contribution < 1.29 is 13.2 Å². The quantitative estimate of drug-likeness (QED) is 0.874. The SMILES string of the molecule is Cc1nc2n(n1)C(c1ccccc1C(F)(F)F)CCN2. The van der Waals surface area contributed by atoms with Crippen molar-refractivity contribution in [3.05, 3.63) is 41.2 Å². The van der Waals surface area contributed by atoms with Gasteiger partial charge in [0.1, 0.15) is 5.82 Å². The van der Waals surface area contributed by atoms with Crippen LogP contribution >= 0.6 is 0 Å². The fourth-order valence-corrected chi connectivity index (χ4v) is 2.54. The number of nitrogens with zero attached hydrogens (tertiary/aromatic N) is 3. The van der Waals surface area contributed by atoms with Crippen LogP contribution < -0.4 is 5.32 Å². The van der Waals surface area contributed by atoms with Gasteiger partial charge in [-0.25, -0.2) is 4.68 Å². The molecule has 0 spiro atoms. The Kier molecular flexibility index (Phi) is 2.92. The maximum Gasteiger partial charge on any atom is 0.416 e. The molecular formula is C13H13F3N4. The van der Waals surface area contributed by atoms with E-state index in [0.29, 0.717) is 24.7 Å². The van der Waals surface area contributed by atoms with Gasteiger partial charge < -0.3 is 5.32 Å². The standard InChI is InChI=1S/C13H13F3N4/c1-8-18-12-17-7-6-11(20(12)19-8)9-4-2-3-5-10(9)13(14,15)16/h2-5,11H,6-7H2,1H3,(H,17,18,19). The monoisotopic (exact) mass is 282 g/mol. The average molecular weight is 282 g/mol. The maximum atomic E-state index is 13.1. The number of nitrogens with one attached hydrogen (secondary N) is 1. The number of rotatable bonds is 1. The van der Waals surface area contributed by atoms with E-state index in [0.717, 1.165) is 6.07 Å². The molecule has 2 aromatic rings. The van der Waals surface area contributed by atoms with Gasteiger partial charge >= 0.3 is 6.18 Å². The van der Waals surface area contributed by atoms with Gasteiger partial charge in [-0.05, 0) is 25.0 Å². The molecule has 0 saturated carbocycles. The van der Waals surface area contributed by atoms with Crippen LogP contribution in [0.5, 0.6) is 0 Å². The lowest BCUT2D eigenvalue weighted by atomic mass is 9.97. The predicted molar refractivity (Wildman–Crippen MR) is 67.4 cm³/mol. The van der Waals surface area contributed by atoms with E-state index in [-0.39, 0.29) is 5.56 Å². The summed E-state index contributed by atoms with van der Waals surface area (Å²) in [6.45, 7) is 2.30. The zero-order valence-electron chi connectivity index (χ0n) is 10.8. The van der Waals surface area contributed by atoms with Crippen molar-refractivity contribution in [2.45, 2.75) is 25.6 Å². The zero-order chi connectivity index (χ0) is 14.3. The Hall–Kier alpha value is -2.05. The van der Waals surface area contributed by atoms with E-state index < -0.39 is 17.8 Å². The first kappa shape index (κ1) is 13.0. The Morgan fingerprint density at radius 3 is 2.80 bits per heavy atom. The van der Waals surface area contributed by atoms with Crippen LogP contribution in [0.3, 0.4) is 0 Å². The summed E-state index contributed by atoms with van der Waals surface area (Å²) in [7, 11) is 0. The normalized spacial score (nSPS) is 18.5. The number of anilines is 1. The van der Waals surface area contributed by atoms with Crippen molar-refractivity contribution in [3.8, 4) is 0 Å². The summed E-state index contributed by atoms with van der Waals surface area (Å²) in [6, 6.07) is 5.21. The van der Waals surface area contributed by atoms with E-state index in [2.05, 4.69) is 15.4 Å². The van der Waals surface area contributed by atoms with Gasteiger partial charge in [0.2, 0.25) is 5.95 Å². The Balaban J connectivity index is 2.11. The van der Waals surface area contributed by atoms with Gasteiger partial charge in [-0.15, -0.1) is 0 Å². The number of hydrogen-bond donors (Lipinski definition) is 1. The molecule has 7 heteroatoms. The van der Waals surface area contributed by atoms with Crippen LogP contribution in [0, 0.1) is 6.92 Å². The average Bonchev–Trinajstić information content (AvgIpc) is 2.77. The second kappa shape index (κ2) is 4.50. The molecule has 1 aliphatic heterocycles. The Morgan fingerprint density at radius 2 is 2.05 bits per heavy atom. The summed E-state index contributed by atoms with van der Waals surface area (Å²) in [6.07, 6.45) is -3.82. The van der Waals surface area contributed by atoms with Gasteiger partial charge in [0.05, 0.1) is 11.6 Å². The van der Waals surface area contributed by atoms with E-state index in [1.807, 2.05) is 0 Å². The Morgan fingerprint density at radius 1 is 1.30 bits per heavy atom. The third-order valence-electron chi connectivity index (χ3n) is 3.36. The molecule has 0 bridgehead atoms. The van der Waals surface area contributed by atoms with E-state index in [9.17, 15) is 13.2 Å². The summed E-state index contributed by atoms with van der Waals surface area (Å²) in [4.78, 5) is 4.18.